The van der Waals surface area contributed by atoms with Crippen molar-refractivity contribution in [1.82, 2.24) is 0 Å². The van der Waals surface area contributed by atoms with Crippen molar-refractivity contribution in [1.29, 1.82) is 0 Å². The first-order valence-electron chi connectivity index (χ1n) is 9.69. The zero-order valence-electron chi connectivity index (χ0n) is 18.1. The summed E-state index contributed by atoms with van der Waals surface area (Å²) in [6.45, 7) is 1.56. The molecule has 2 aromatic carbocycles. The van der Waals surface area contributed by atoms with Crippen LogP contribution in [0.3, 0.4) is 0 Å². The summed E-state index contributed by atoms with van der Waals surface area (Å²) in [6.07, 6.45) is -4.97. The first-order chi connectivity index (χ1) is 15.0. The minimum absolute atomic E-state index is 0.00605. The number of carbonyl (C=O) groups excluding carboxylic acids is 1. The van der Waals surface area contributed by atoms with E-state index in [-0.39, 0.29) is 41.9 Å². The Bertz CT molecular complexity index is 950. The molecule has 0 N–H and O–H groups in total. The van der Waals surface area contributed by atoms with Gasteiger partial charge in [-0.3, -0.25) is 14.9 Å². The van der Waals surface area contributed by atoms with Crippen molar-refractivity contribution in [3.63, 3.8) is 0 Å². The first kappa shape index (κ1) is 25.0. The van der Waals surface area contributed by atoms with Crippen LogP contribution in [0.1, 0.15) is 47.7 Å². The molecule has 0 fully saturated rings. The van der Waals surface area contributed by atoms with E-state index in [1.54, 1.807) is 6.92 Å². The number of methoxy groups -OCH3 is 3. The van der Waals surface area contributed by atoms with Gasteiger partial charge in [-0.25, -0.2) is 0 Å². The van der Waals surface area contributed by atoms with Crippen molar-refractivity contribution < 1.29 is 37.1 Å². The maximum Gasteiger partial charge on any atom is 0.416 e. The quantitative estimate of drug-likeness (QED) is 0.275. The predicted octanol–water partition coefficient (Wildman–Crippen LogP) is 5.28. The third kappa shape index (κ3) is 4.95. The number of ketones is 1. The van der Waals surface area contributed by atoms with Crippen LogP contribution < -0.4 is 14.2 Å². The fourth-order valence-electron chi connectivity index (χ4n) is 3.53. The van der Waals surface area contributed by atoms with Gasteiger partial charge in [-0.15, -0.1) is 0 Å². The summed E-state index contributed by atoms with van der Waals surface area (Å²) in [7, 11) is 4.20. The molecule has 2 aromatic rings. The number of ether oxygens (including phenoxy) is 3. The maximum absolute atomic E-state index is 12.9. The highest BCUT2D eigenvalue weighted by Crippen LogP contribution is 2.40. The Morgan fingerprint density at radius 3 is 1.84 bits per heavy atom. The molecule has 0 aliphatic carbocycles. The molecule has 0 saturated carbocycles. The number of Topliss-reactive ketones (excluding diaryl/α,β-unsaturated/α-hetero) is 1. The van der Waals surface area contributed by atoms with Crippen molar-refractivity contribution in [3.05, 3.63) is 63.2 Å². The zero-order chi connectivity index (χ0) is 24.1. The Balaban J connectivity index is 2.35. The van der Waals surface area contributed by atoms with E-state index in [0.717, 1.165) is 24.3 Å². The number of hydrogen-bond acceptors (Lipinski definition) is 6. The number of alkyl halides is 3. The fourth-order valence-corrected chi connectivity index (χ4v) is 3.53. The molecule has 0 heterocycles. The standard InChI is InChI=1S/C22H24F3NO6/c1-5-21(26(28)29,15-6-8-16(9-7-15)22(23,24)25)11-10-17(27)14-12-18(30-2)20(32-4)19(13-14)31-3/h6-9,12-13H,5,10-11H2,1-4H3. The van der Waals surface area contributed by atoms with E-state index in [2.05, 4.69) is 0 Å². The minimum Gasteiger partial charge on any atom is -0.493 e. The van der Waals surface area contributed by atoms with Gasteiger partial charge in [0, 0.05) is 35.3 Å². The second kappa shape index (κ2) is 9.88. The summed E-state index contributed by atoms with van der Waals surface area (Å²) in [6, 6.07) is 6.70. The van der Waals surface area contributed by atoms with E-state index in [0.29, 0.717) is 5.75 Å². The van der Waals surface area contributed by atoms with Crippen LogP contribution in [0.25, 0.3) is 0 Å². The highest BCUT2D eigenvalue weighted by molar-refractivity contribution is 5.97. The van der Waals surface area contributed by atoms with E-state index in [1.165, 1.54) is 33.5 Å². The van der Waals surface area contributed by atoms with Gasteiger partial charge < -0.3 is 14.2 Å². The van der Waals surface area contributed by atoms with E-state index in [4.69, 9.17) is 14.2 Å². The molecule has 0 amide bonds. The summed E-state index contributed by atoms with van der Waals surface area (Å²) in [5, 5.41) is 12.0. The Morgan fingerprint density at radius 2 is 1.47 bits per heavy atom. The molecule has 0 bridgehead atoms. The second-order valence-electron chi connectivity index (χ2n) is 7.05. The smallest absolute Gasteiger partial charge is 0.416 e. The van der Waals surface area contributed by atoms with Gasteiger partial charge in [-0.05, 0) is 24.3 Å². The molecule has 0 aliphatic rings. The van der Waals surface area contributed by atoms with Crippen LogP contribution in [0.5, 0.6) is 17.2 Å². The van der Waals surface area contributed by atoms with E-state index < -0.39 is 28.0 Å². The number of rotatable bonds is 10. The lowest BCUT2D eigenvalue weighted by atomic mass is 9.82. The van der Waals surface area contributed by atoms with Gasteiger partial charge in [0.2, 0.25) is 11.3 Å². The van der Waals surface area contributed by atoms with E-state index in [1.807, 2.05) is 0 Å². The molecule has 0 aromatic heterocycles. The van der Waals surface area contributed by atoms with Gasteiger partial charge in [0.05, 0.1) is 26.9 Å². The average Bonchev–Trinajstić information content (AvgIpc) is 2.77. The average molecular weight is 455 g/mol. The Hall–Kier alpha value is -3.30. The SMILES string of the molecule is CCC(CCC(=O)c1cc(OC)c(OC)c(OC)c1)(c1ccc(C(F)(F)F)cc1)[N+](=O)[O-]. The molecule has 0 radical (unpaired) electrons. The van der Waals surface area contributed by atoms with Gasteiger partial charge in [-0.2, -0.15) is 13.2 Å². The molecule has 32 heavy (non-hydrogen) atoms. The lowest BCUT2D eigenvalue weighted by Gasteiger charge is -2.25. The summed E-state index contributed by atoms with van der Waals surface area (Å²) < 4.78 is 54.3. The van der Waals surface area contributed by atoms with Crippen LogP contribution in [0.4, 0.5) is 13.2 Å². The van der Waals surface area contributed by atoms with Crippen molar-refractivity contribution in [2.75, 3.05) is 21.3 Å². The number of carbonyl (C=O) groups is 1. The first-order valence-corrected chi connectivity index (χ1v) is 9.69. The van der Waals surface area contributed by atoms with Crippen LogP contribution in [-0.4, -0.2) is 32.0 Å². The third-order valence-electron chi connectivity index (χ3n) is 5.44. The van der Waals surface area contributed by atoms with Crippen LogP contribution in [0.15, 0.2) is 36.4 Å². The molecule has 1 atom stereocenters. The molecule has 1 unspecified atom stereocenters. The summed E-state index contributed by atoms with van der Waals surface area (Å²) in [5.41, 5.74) is -2.29. The highest BCUT2D eigenvalue weighted by Gasteiger charge is 2.43. The number of halogens is 3. The highest BCUT2D eigenvalue weighted by atomic mass is 19.4. The molecule has 10 heteroatoms. The van der Waals surface area contributed by atoms with Gasteiger partial charge >= 0.3 is 6.18 Å². The lowest BCUT2D eigenvalue weighted by molar-refractivity contribution is -0.581. The summed E-state index contributed by atoms with van der Waals surface area (Å²) in [4.78, 5) is 24.3. The van der Waals surface area contributed by atoms with Crippen molar-refractivity contribution in [2.24, 2.45) is 0 Å². The molecule has 7 nitrogen and oxygen atoms in total. The minimum atomic E-state index is -4.55. The molecule has 0 spiro atoms. The molecule has 0 saturated heterocycles. The molecular formula is C22H24F3NO6. The topological polar surface area (TPSA) is 87.9 Å². The van der Waals surface area contributed by atoms with Crippen molar-refractivity contribution in [3.8, 4) is 17.2 Å². The molecule has 174 valence electrons. The fraction of sp³-hybridized carbons (Fsp3) is 0.409. The zero-order valence-corrected chi connectivity index (χ0v) is 18.1. The Kier molecular flexibility index (Phi) is 7.71. The van der Waals surface area contributed by atoms with Crippen LogP contribution in [0, 0.1) is 10.1 Å². The maximum atomic E-state index is 12.9. The number of nitrogens with zero attached hydrogens (tertiary/aromatic N) is 1. The van der Waals surface area contributed by atoms with E-state index in [9.17, 15) is 28.1 Å². The van der Waals surface area contributed by atoms with Gasteiger partial charge in [0.15, 0.2) is 17.3 Å². The third-order valence-corrected chi connectivity index (χ3v) is 5.44. The number of hydrogen-bond donors (Lipinski definition) is 0. The van der Waals surface area contributed by atoms with Crippen molar-refractivity contribution >= 4 is 5.78 Å². The Labute approximate surface area is 183 Å². The van der Waals surface area contributed by atoms with E-state index >= 15 is 0 Å². The monoisotopic (exact) mass is 455 g/mol. The van der Waals surface area contributed by atoms with Gasteiger partial charge in [-0.1, -0.05) is 19.1 Å². The summed E-state index contributed by atoms with van der Waals surface area (Å²) in [5.74, 6) is 0.406. The largest absolute Gasteiger partial charge is 0.493 e. The van der Waals surface area contributed by atoms with Crippen LogP contribution in [0.2, 0.25) is 0 Å². The number of nitro groups is 1. The van der Waals surface area contributed by atoms with Gasteiger partial charge in [0.25, 0.3) is 0 Å². The normalized spacial score (nSPS) is 13.2. The molecular weight excluding hydrogens is 431 g/mol. The second-order valence-corrected chi connectivity index (χ2v) is 7.05. The Morgan fingerprint density at radius 1 is 0.969 bits per heavy atom. The van der Waals surface area contributed by atoms with Crippen LogP contribution >= 0.6 is 0 Å². The van der Waals surface area contributed by atoms with Gasteiger partial charge in [0.1, 0.15) is 0 Å². The van der Waals surface area contributed by atoms with Crippen molar-refractivity contribution in [2.45, 2.75) is 37.9 Å². The van der Waals surface area contributed by atoms with Crippen LogP contribution in [-0.2, 0) is 11.7 Å². The molecule has 0 aliphatic heterocycles. The predicted molar refractivity (Wildman–Crippen MR) is 110 cm³/mol. The molecule has 2 rings (SSSR count). The summed E-state index contributed by atoms with van der Waals surface area (Å²) >= 11 is 0. The number of benzene rings is 2. The lowest BCUT2D eigenvalue weighted by Crippen LogP contribution is -2.35.